The summed E-state index contributed by atoms with van der Waals surface area (Å²) in [5.74, 6) is 0. The fourth-order valence-corrected chi connectivity index (χ4v) is 1.23. The van der Waals surface area contributed by atoms with E-state index in [1.54, 1.807) is 0 Å². The Bertz CT molecular complexity index is 374. The standard InChI is InChI=1S/C10H10N2.Y/c1-7-8(2)12-6-10(7)9-3-4-11-5-9;/h3-4,11-12H,1-2H3;/q-2;. The number of H-pyrrole nitrogens is 2. The molecule has 65 valence electrons. The Morgan fingerprint density at radius 1 is 1.23 bits per heavy atom. The molecule has 2 nitrogen and oxygen atoms in total. The van der Waals surface area contributed by atoms with Crippen LogP contribution in [0, 0.1) is 26.2 Å². The van der Waals surface area contributed by atoms with Gasteiger partial charge in [-0.3, -0.25) is 0 Å². The van der Waals surface area contributed by atoms with E-state index in [9.17, 15) is 0 Å². The summed E-state index contributed by atoms with van der Waals surface area (Å²) in [6.07, 6.45) is 8.00. The molecule has 1 radical (unpaired) electrons. The van der Waals surface area contributed by atoms with Gasteiger partial charge in [0.05, 0.1) is 0 Å². The summed E-state index contributed by atoms with van der Waals surface area (Å²) >= 11 is 0. The van der Waals surface area contributed by atoms with Crippen LogP contribution in [-0.4, -0.2) is 9.97 Å². The Kier molecular flexibility index (Phi) is 3.51. The Labute approximate surface area is 103 Å². The summed E-state index contributed by atoms with van der Waals surface area (Å²) in [7, 11) is 0. The van der Waals surface area contributed by atoms with Gasteiger partial charge in [-0.15, -0.1) is 24.3 Å². The molecule has 0 bridgehead atoms. The Balaban J connectivity index is 0.000000845. The van der Waals surface area contributed by atoms with Crippen molar-refractivity contribution in [3.05, 3.63) is 35.9 Å². The SMILES string of the molecule is Cc1[nH][c-]c(-c2[c-][nH]cc2)c1C.[Y]. The molecule has 13 heavy (non-hydrogen) atoms. The number of aromatic nitrogens is 2. The molecule has 0 aliphatic rings. The summed E-state index contributed by atoms with van der Waals surface area (Å²) < 4.78 is 0. The minimum absolute atomic E-state index is 0. The van der Waals surface area contributed by atoms with Crippen LogP contribution in [0.5, 0.6) is 0 Å². The van der Waals surface area contributed by atoms with Crippen molar-refractivity contribution in [2.45, 2.75) is 13.8 Å². The zero-order valence-corrected chi connectivity index (χ0v) is 10.6. The fourth-order valence-electron chi connectivity index (χ4n) is 1.23. The number of rotatable bonds is 1. The van der Waals surface area contributed by atoms with Crippen LogP contribution in [0.3, 0.4) is 0 Å². The van der Waals surface area contributed by atoms with Crippen LogP contribution < -0.4 is 0 Å². The molecule has 0 atom stereocenters. The van der Waals surface area contributed by atoms with E-state index in [0.717, 1.165) is 11.1 Å². The molecule has 2 heterocycles. The first-order valence-corrected chi connectivity index (χ1v) is 3.91. The molecule has 0 amide bonds. The molecule has 0 aliphatic carbocycles. The molecule has 0 saturated carbocycles. The maximum atomic E-state index is 3.10. The number of nitrogens with one attached hydrogen (secondary N) is 2. The van der Waals surface area contributed by atoms with Crippen LogP contribution in [0.4, 0.5) is 0 Å². The first-order chi connectivity index (χ1) is 5.79. The van der Waals surface area contributed by atoms with Gasteiger partial charge in [-0.2, -0.15) is 5.56 Å². The molecule has 3 heteroatoms. The van der Waals surface area contributed by atoms with Gasteiger partial charge >= 0.3 is 0 Å². The molecule has 2 N–H and O–H groups in total. The molecule has 0 saturated heterocycles. The minimum atomic E-state index is 0. The monoisotopic (exact) mass is 247 g/mol. The number of hydrogen-bond donors (Lipinski definition) is 2. The van der Waals surface area contributed by atoms with Gasteiger partial charge < -0.3 is 9.97 Å². The van der Waals surface area contributed by atoms with Crippen molar-refractivity contribution in [3.8, 4) is 11.1 Å². The van der Waals surface area contributed by atoms with Gasteiger partial charge in [0, 0.05) is 32.7 Å². The van der Waals surface area contributed by atoms with Gasteiger partial charge in [0.15, 0.2) is 0 Å². The third-order valence-electron chi connectivity index (χ3n) is 2.12. The maximum absolute atomic E-state index is 3.10. The van der Waals surface area contributed by atoms with Crippen molar-refractivity contribution >= 4 is 0 Å². The average Bonchev–Trinajstić information content (AvgIpc) is 2.64. The van der Waals surface area contributed by atoms with Crippen LogP contribution >= 0.6 is 0 Å². The topological polar surface area (TPSA) is 31.6 Å². The molecule has 2 aromatic heterocycles. The van der Waals surface area contributed by atoms with Crippen molar-refractivity contribution in [2.75, 3.05) is 0 Å². The summed E-state index contributed by atoms with van der Waals surface area (Å²) in [5, 5.41) is 0. The van der Waals surface area contributed by atoms with Crippen LogP contribution in [0.25, 0.3) is 11.1 Å². The quantitative estimate of drug-likeness (QED) is 0.724. The largest absolute Gasteiger partial charge is 0.462 e. The molecule has 0 fully saturated rings. The molecule has 0 aromatic carbocycles. The molecule has 2 aromatic rings. The predicted octanol–water partition coefficient (Wildman–Crippen LogP) is 2.22. The second-order valence-electron chi connectivity index (χ2n) is 2.89. The summed E-state index contributed by atoms with van der Waals surface area (Å²) in [6.45, 7) is 4.13. The number of aryl methyl sites for hydroxylation is 1. The third-order valence-corrected chi connectivity index (χ3v) is 2.12. The van der Waals surface area contributed by atoms with Crippen LogP contribution in [0.2, 0.25) is 0 Å². The van der Waals surface area contributed by atoms with Gasteiger partial charge in [0.2, 0.25) is 0 Å². The molecular formula is C10H10N2Y-2. The summed E-state index contributed by atoms with van der Waals surface area (Å²) in [5.41, 5.74) is 4.58. The second kappa shape index (κ2) is 4.25. The normalized spacial score (nSPS) is 9.69. The van der Waals surface area contributed by atoms with Crippen LogP contribution in [-0.2, 0) is 32.7 Å². The van der Waals surface area contributed by atoms with Crippen molar-refractivity contribution in [3.63, 3.8) is 0 Å². The van der Waals surface area contributed by atoms with E-state index < -0.39 is 0 Å². The van der Waals surface area contributed by atoms with Gasteiger partial charge in [-0.1, -0.05) is 13.8 Å². The summed E-state index contributed by atoms with van der Waals surface area (Å²) in [6, 6.07) is 1.99. The number of hydrogen-bond acceptors (Lipinski definition) is 0. The van der Waals surface area contributed by atoms with Crippen LogP contribution in [0.1, 0.15) is 11.3 Å². The van der Waals surface area contributed by atoms with Crippen molar-refractivity contribution in [2.24, 2.45) is 0 Å². The van der Waals surface area contributed by atoms with E-state index in [1.165, 1.54) is 11.3 Å². The van der Waals surface area contributed by atoms with E-state index >= 15 is 0 Å². The fraction of sp³-hybridized carbons (Fsp3) is 0.200. The van der Waals surface area contributed by atoms with Gasteiger partial charge in [-0.25, -0.2) is 17.2 Å². The smallest absolute Gasteiger partial charge is 0 e. The van der Waals surface area contributed by atoms with E-state index in [1.807, 2.05) is 19.2 Å². The van der Waals surface area contributed by atoms with Crippen molar-refractivity contribution in [1.29, 1.82) is 0 Å². The Hall–Kier alpha value is -0.336. The van der Waals surface area contributed by atoms with Crippen LogP contribution in [0.15, 0.2) is 12.3 Å². The molecule has 0 aliphatic heterocycles. The van der Waals surface area contributed by atoms with Crippen molar-refractivity contribution < 1.29 is 32.7 Å². The zero-order valence-electron chi connectivity index (χ0n) is 7.73. The third kappa shape index (κ3) is 1.95. The van der Waals surface area contributed by atoms with Gasteiger partial charge in [0.25, 0.3) is 0 Å². The average molecular weight is 247 g/mol. The Morgan fingerprint density at radius 2 is 2.00 bits per heavy atom. The van der Waals surface area contributed by atoms with E-state index in [4.69, 9.17) is 0 Å². The molecular weight excluding hydrogens is 237 g/mol. The number of aromatic amines is 2. The first-order valence-electron chi connectivity index (χ1n) is 3.91. The molecule has 0 spiro atoms. The first kappa shape index (κ1) is 10.7. The second-order valence-corrected chi connectivity index (χ2v) is 2.89. The Morgan fingerprint density at radius 3 is 2.46 bits per heavy atom. The molecule has 2 rings (SSSR count). The van der Waals surface area contributed by atoms with E-state index in [-0.39, 0.29) is 32.7 Å². The maximum Gasteiger partial charge on any atom is 0 e. The van der Waals surface area contributed by atoms with E-state index in [0.29, 0.717) is 0 Å². The van der Waals surface area contributed by atoms with Crippen molar-refractivity contribution in [1.82, 2.24) is 9.97 Å². The zero-order chi connectivity index (χ0) is 8.55. The predicted molar refractivity (Wildman–Crippen MR) is 47.7 cm³/mol. The minimum Gasteiger partial charge on any atom is -0.462 e. The van der Waals surface area contributed by atoms with Gasteiger partial charge in [0.1, 0.15) is 0 Å². The van der Waals surface area contributed by atoms with E-state index in [2.05, 4.69) is 29.3 Å². The van der Waals surface area contributed by atoms with Gasteiger partial charge in [-0.05, 0) is 0 Å². The summed E-state index contributed by atoms with van der Waals surface area (Å²) in [4.78, 5) is 5.97. The molecule has 0 unspecified atom stereocenters.